The number of rotatable bonds is 1. The van der Waals surface area contributed by atoms with Crippen molar-refractivity contribution < 1.29 is 8.78 Å². The van der Waals surface area contributed by atoms with Gasteiger partial charge in [-0.25, -0.2) is 13.8 Å². The van der Waals surface area contributed by atoms with Gasteiger partial charge in [-0.3, -0.25) is 9.67 Å². The molecule has 0 saturated carbocycles. The van der Waals surface area contributed by atoms with Gasteiger partial charge in [-0.05, 0) is 26.0 Å². The maximum absolute atomic E-state index is 13.9. The average Bonchev–Trinajstić information content (AvgIpc) is 2.97. The van der Waals surface area contributed by atoms with Crippen LogP contribution in [-0.4, -0.2) is 36.2 Å². The van der Waals surface area contributed by atoms with Crippen LogP contribution in [-0.2, 0) is 12.5 Å². The third-order valence-electron chi connectivity index (χ3n) is 5.49. The lowest BCUT2D eigenvalue weighted by atomic mass is 9.68. The third kappa shape index (κ3) is 2.11. The fourth-order valence-electron chi connectivity index (χ4n) is 3.18. The minimum Gasteiger partial charge on any atom is -0.272 e. The maximum Gasteiger partial charge on any atom is 0.202 e. The molecule has 0 saturated heterocycles. The van der Waals surface area contributed by atoms with Crippen LogP contribution in [0.4, 0.5) is 8.78 Å². The molecule has 6 nitrogen and oxygen atoms in total. The van der Waals surface area contributed by atoms with Gasteiger partial charge in [0.15, 0.2) is 17.2 Å². The van der Waals surface area contributed by atoms with Crippen molar-refractivity contribution >= 4 is 16.7 Å². The Balaban J connectivity index is 1.98. The lowest BCUT2D eigenvalue weighted by molar-refractivity contribution is 0.303. The quantitative estimate of drug-likeness (QED) is 0.672. The zero-order valence-corrected chi connectivity index (χ0v) is 15.2. The SMILES string of the molecule is Cn1ncc2c1C(c1nnc3c(F)c(F)ccc3n1)=NC(C)(C)C2(C)C. The van der Waals surface area contributed by atoms with Gasteiger partial charge < -0.3 is 0 Å². The number of aromatic nitrogens is 5. The van der Waals surface area contributed by atoms with E-state index in [1.54, 1.807) is 4.68 Å². The molecule has 0 spiro atoms. The topological polar surface area (TPSA) is 68.8 Å². The van der Waals surface area contributed by atoms with Crippen molar-refractivity contribution in [3.63, 3.8) is 0 Å². The number of nitrogens with zero attached hydrogens (tertiary/aromatic N) is 6. The smallest absolute Gasteiger partial charge is 0.202 e. The summed E-state index contributed by atoms with van der Waals surface area (Å²) < 4.78 is 29.0. The van der Waals surface area contributed by atoms with E-state index in [1.807, 2.05) is 27.1 Å². The molecule has 3 aromatic rings. The third-order valence-corrected chi connectivity index (χ3v) is 5.49. The second kappa shape index (κ2) is 5.12. The van der Waals surface area contributed by atoms with Gasteiger partial charge in [0.05, 0.1) is 22.9 Å². The minimum atomic E-state index is -1.05. The van der Waals surface area contributed by atoms with E-state index in [2.05, 4.69) is 34.1 Å². The minimum absolute atomic E-state index is 0.199. The molecule has 8 heteroatoms. The van der Waals surface area contributed by atoms with Crippen molar-refractivity contribution in [1.82, 2.24) is 25.0 Å². The number of aryl methyl sites for hydroxylation is 1. The fraction of sp³-hybridized carbons (Fsp3) is 0.389. The Morgan fingerprint density at radius 2 is 1.77 bits per heavy atom. The van der Waals surface area contributed by atoms with Gasteiger partial charge in [-0.1, -0.05) is 13.8 Å². The predicted molar refractivity (Wildman–Crippen MR) is 93.2 cm³/mol. The summed E-state index contributed by atoms with van der Waals surface area (Å²) in [6.45, 7) is 8.30. The standard InChI is InChI=1S/C18H18F2N6/c1-17(2)9-8-21-26(5)15(9)14(23-18(17,3)4)16-22-11-7-6-10(19)12(20)13(11)24-25-16/h6-8H,1-5H3. The molecule has 0 bridgehead atoms. The van der Waals surface area contributed by atoms with Crippen LogP contribution in [0.15, 0.2) is 23.3 Å². The van der Waals surface area contributed by atoms with E-state index in [0.29, 0.717) is 5.71 Å². The molecule has 0 aliphatic carbocycles. The van der Waals surface area contributed by atoms with E-state index in [-0.39, 0.29) is 22.3 Å². The van der Waals surface area contributed by atoms with Gasteiger partial charge in [-0.15, -0.1) is 10.2 Å². The van der Waals surface area contributed by atoms with Crippen LogP contribution in [0.1, 0.15) is 44.8 Å². The normalized spacial score (nSPS) is 17.9. The largest absolute Gasteiger partial charge is 0.272 e. The van der Waals surface area contributed by atoms with Gasteiger partial charge in [0.1, 0.15) is 5.71 Å². The number of hydrogen-bond acceptors (Lipinski definition) is 5. The molecule has 0 amide bonds. The Morgan fingerprint density at radius 3 is 2.50 bits per heavy atom. The Labute approximate surface area is 149 Å². The van der Waals surface area contributed by atoms with Gasteiger partial charge in [-0.2, -0.15) is 5.10 Å². The highest BCUT2D eigenvalue weighted by atomic mass is 19.2. The van der Waals surface area contributed by atoms with E-state index >= 15 is 0 Å². The molecular weight excluding hydrogens is 338 g/mol. The summed E-state index contributed by atoms with van der Waals surface area (Å²) in [5, 5.41) is 12.2. The van der Waals surface area contributed by atoms with E-state index in [0.717, 1.165) is 17.3 Å². The molecule has 4 rings (SSSR count). The Kier molecular flexibility index (Phi) is 3.29. The van der Waals surface area contributed by atoms with Gasteiger partial charge in [0.25, 0.3) is 0 Å². The lowest BCUT2D eigenvalue weighted by Gasteiger charge is -2.42. The summed E-state index contributed by atoms with van der Waals surface area (Å²) in [4.78, 5) is 9.26. The molecule has 26 heavy (non-hydrogen) atoms. The van der Waals surface area contributed by atoms with Gasteiger partial charge in [0.2, 0.25) is 5.82 Å². The van der Waals surface area contributed by atoms with E-state index in [9.17, 15) is 8.78 Å². The van der Waals surface area contributed by atoms with E-state index < -0.39 is 17.2 Å². The van der Waals surface area contributed by atoms with Crippen LogP contribution < -0.4 is 0 Å². The van der Waals surface area contributed by atoms with Crippen molar-refractivity contribution in [2.45, 2.75) is 38.6 Å². The predicted octanol–water partition coefficient (Wildman–Crippen LogP) is 2.94. The monoisotopic (exact) mass is 356 g/mol. The summed E-state index contributed by atoms with van der Waals surface area (Å²) in [5.41, 5.74) is 1.72. The molecule has 0 N–H and O–H groups in total. The Bertz CT molecular complexity index is 1080. The summed E-state index contributed by atoms with van der Waals surface area (Å²) in [6, 6.07) is 2.41. The first-order chi connectivity index (χ1) is 12.1. The van der Waals surface area contributed by atoms with Crippen LogP contribution in [0.3, 0.4) is 0 Å². The summed E-state index contributed by atoms with van der Waals surface area (Å²) in [6.07, 6.45) is 1.83. The number of halogens is 2. The van der Waals surface area contributed by atoms with Crippen molar-refractivity contribution in [2.75, 3.05) is 0 Å². The first-order valence-electron chi connectivity index (χ1n) is 8.25. The van der Waals surface area contributed by atoms with Gasteiger partial charge >= 0.3 is 0 Å². The fourth-order valence-corrected chi connectivity index (χ4v) is 3.18. The first-order valence-corrected chi connectivity index (χ1v) is 8.25. The zero-order valence-electron chi connectivity index (χ0n) is 15.2. The summed E-state index contributed by atoms with van der Waals surface area (Å²) in [5.74, 6) is -1.77. The van der Waals surface area contributed by atoms with Crippen molar-refractivity contribution in [3.8, 4) is 0 Å². The molecule has 2 aromatic heterocycles. The lowest BCUT2D eigenvalue weighted by Crippen LogP contribution is -2.46. The van der Waals surface area contributed by atoms with Crippen LogP contribution >= 0.6 is 0 Å². The molecule has 1 aromatic carbocycles. The Hall–Kier alpha value is -2.77. The second-order valence-electron chi connectivity index (χ2n) is 7.54. The zero-order chi connectivity index (χ0) is 18.9. The van der Waals surface area contributed by atoms with Crippen LogP contribution in [0.5, 0.6) is 0 Å². The molecule has 1 aliphatic rings. The van der Waals surface area contributed by atoms with Crippen molar-refractivity contribution in [3.05, 3.63) is 47.0 Å². The first kappa shape index (κ1) is 16.7. The number of aliphatic imine (C=N–C) groups is 1. The molecule has 0 radical (unpaired) electrons. The molecule has 134 valence electrons. The highest BCUT2D eigenvalue weighted by Gasteiger charge is 2.46. The van der Waals surface area contributed by atoms with Crippen LogP contribution in [0.25, 0.3) is 11.0 Å². The van der Waals surface area contributed by atoms with Gasteiger partial charge in [0, 0.05) is 18.0 Å². The molecule has 3 heterocycles. The molecular formula is C18H18F2N6. The van der Waals surface area contributed by atoms with E-state index in [1.165, 1.54) is 6.07 Å². The number of benzene rings is 1. The van der Waals surface area contributed by atoms with Crippen molar-refractivity contribution in [2.24, 2.45) is 12.0 Å². The molecule has 1 aliphatic heterocycles. The maximum atomic E-state index is 13.9. The average molecular weight is 356 g/mol. The van der Waals surface area contributed by atoms with Crippen LogP contribution in [0.2, 0.25) is 0 Å². The highest BCUT2D eigenvalue weighted by Crippen LogP contribution is 2.43. The summed E-state index contributed by atoms with van der Waals surface area (Å²) in [7, 11) is 1.83. The Morgan fingerprint density at radius 1 is 1.04 bits per heavy atom. The van der Waals surface area contributed by atoms with Crippen molar-refractivity contribution in [1.29, 1.82) is 0 Å². The van der Waals surface area contributed by atoms with Crippen LogP contribution in [0, 0.1) is 11.6 Å². The summed E-state index contributed by atoms with van der Waals surface area (Å²) >= 11 is 0. The number of fused-ring (bicyclic) bond motifs is 2. The molecule has 0 fully saturated rings. The van der Waals surface area contributed by atoms with E-state index in [4.69, 9.17) is 4.99 Å². The highest BCUT2D eigenvalue weighted by molar-refractivity contribution is 6.12. The number of hydrogen-bond donors (Lipinski definition) is 0. The second-order valence-corrected chi connectivity index (χ2v) is 7.54. The molecule has 0 atom stereocenters. The molecule has 0 unspecified atom stereocenters.